The summed E-state index contributed by atoms with van der Waals surface area (Å²) in [6, 6.07) is -1.04. The molecule has 1 aliphatic heterocycles. The zero-order valence-corrected chi connectivity index (χ0v) is 15.1. The Balaban J connectivity index is 2.57. The monoisotopic (exact) mass is 348 g/mol. The summed E-state index contributed by atoms with van der Waals surface area (Å²) in [5.41, 5.74) is -0.431. The molecule has 0 bridgehead atoms. The Bertz CT molecular complexity index is 541. The molecule has 1 heterocycles. The number of urea groups is 1. The van der Waals surface area contributed by atoms with Crippen LogP contribution < -0.4 is 15.8 Å². The van der Waals surface area contributed by atoms with E-state index in [0.717, 1.165) is 12.8 Å². The number of primary sulfonamides is 1. The number of imide groups is 1. The second-order valence-electron chi connectivity index (χ2n) is 7.20. The number of nitrogens with one attached hydrogen (secondary N) is 2. The largest absolute Gasteiger partial charge is 0.333 e. The van der Waals surface area contributed by atoms with Gasteiger partial charge in [-0.1, -0.05) is 0 Å². The fourth-order valence-electron chi connectivity index (χ4n) is 2.67. The minimum absolute atomic E-state index is 0.0810. The van der Waals surface area contributed by atoms with E-state index in [1.165, 1.54) is 0 Å². The summed E-state index contributed by atoms with van der Waals surface area (Å²) < 4.78 is 22.4. The molecule has 9 heteroatoms. The Morgan fingerprint density at radius 2 is 1.96 bits per heavy atom. The van der Waals surface area contributed by atoms with Crippen molar-refractivity contribution in [2.75, 3.05) is 18.8 Å². The van der Waals surface area contributed by atoms with E-state index in [1.54, 1.807) is 6.92 Å². The first kappa shape index (κ1) is 19.9. The summed E-state index contributed by atoms with van der Waals surface area (Å²) in [6.07, 6.45) is 1.57. The number of nitrogens with two attached hydrogens (primary N) is 1. The Hall–Kier alpha value is -1.19. The molecule has 1 fully saturated rings. The number of hydrogen-bond donors (Lipinski definition) is 3. The van der Waals surface area contributed by atoms with Gasteiger partial charge in [0.05, 0.1) is 11.8 Å². The SMILES string of the molecule is C[C@H](C(=O)NC(=O)NC(C)(C)C)N1CCC[C@@H](CS(N)(=O)=O)C1. The van der Waals surface area contributed by atoms with Crippen molar-refractivity contribution in [3.05, 3.63) is 0 Å². The molecule has 1 aliphatic rings. The summed E-state index contributed by atoms with van der Waals surface area (Å²) in [5.74, 6) is -0.567. The third kappa shape index (κ3) is 7.76. The highest BCUT2D eigenvalue weighted by atomic mass is 32.2. The highest BCUT2D eigenvalue weighted by Crippen LogP contribution is 2.19. The van der Waals surface area contributed by atoms with Crippen LogP contribution in [0.15, 0.2) is 0 Å². The maximum atomic E-state index is 12.2. The average molecular weight is 348 g/mol. The maximum Gasteiger partial charge on any atom is 0.321 e. The highest BCUT2D eigenvalue weighted by molar-refractivity contribution is 7.89. The lowest BCUT2D eigenvalue weighted by molar-refractivity contribution is -0.125. The summed E-state index contributed by atoms with van der Waals surface area (Å²) in [7, 11) is -3.52. The molecule has 3 amide bonds. The van der Waals surface area contributed by atoms with Crippen LogP contribution in [0.4, 0.5) is 4.79 Å². The van der Waals surface area contributed by atoms with Gasteiger partial charge in [0.2, 0.25) is 15.9 Å². The average Bonchev–Trinajstić information content (AvgIpc) is 2.33. The molecule has 0 unspecified atom stereocenters. The Morgan fingerprint density at radius 3 is 2.48 bits per heavy atom. The van der Waals surface area contributed by atoms with Gasteiger partial charge in [-0.2, -0.15) is 0 Å². The van der Waals surface area contributed by atoms with Gasteiger partial charge in [0.1, 0.15) is 0 Å². The van der Waals surface area contributed by atoms with E-state index in [2.05, 4.69) is 10.6 Å². The third-order valence-electron chi connectivity index (χ3n) is 3.67. The molecular weight excluding hydrogens is 320 g/mol. The third-order valence-corrected chi connectivity index (χ3v) is 4.61. The standard InChI is InChI=1S/C14H28N4O4S/c1-10(12(19)16-13(20)17-14(2,3)4)18-7-5-6-11(8-18)9-23(15,21)22/h10-11H,5-9H2,1-4H3,(H2,15,21,22)(H2,16,17,19,20)/t10-,11-/m1/s1. The van der Waals surface area contributed by atoms with Crippen LogP contribution in [0, 0.1) is 5.92 Å². The van der Waals surface area contributed by atoms with Gasteiger partial charge in [0.15, 0.2) is 0 Å². The number of carbonyl (C=O) groups is 2. The molecule has 134 valence electrons. The molecule has 0 saturated carbocycles. The normalized spacial score (nSPS) is 21.5. The van der Waals surface area contributed by atoms with Crippen molar-refractivity contribution in [2.45, 2.75) is 52.1 Å². The van der Waals surface area contributed by atoms with Gasteiger partial charge in [0.25, 0.3) is 0 Å². The van der Waals surface area contributed by atoms with Crippen LogP contribution in [-0.2, 0) is 14.8 Å². The van der Waals surface area contributed by atoms with Crippen LogP contribution in [0.1, 0.15) is 40.5 Å². The molecule has 0 spiro atoms. The number of sulfonamides is 1. The van der Waals surface area contributed by atoms with Crippen molar-refractivity contribution in [1.82, 2.24) is 15.5 Å². The molecule has 1 saturated heterocycles. The van der Waals surface area contributed by atoms with Gasteiger partial charge in [-0.05, 0) is 53.0 Å². The molecule has 8 nitrogen and oxygen atoms in total. The number of likely N-dealkylation sites (tertiary alicyclic amines) is 1. The Morgan fingerprint density at radius 1 is 1.35 bits per heavy atom. The molecule has 0 aromatic carbocycles. The second-order valence-corrected chi connectivity index (χ2v) is 8.86. The molecule has 0 radical (unpaired) electrons. The van der Waals surface area contributed by atoms with Gasteiger partial charge in [-0.25, -0.2) is 18.4 Å². The van der Waals surface area contributed by atoms with Crippen molar-refractivity contribution in [2.24, 2.45) is 11.1 Å². The molecular formula is C14H28N4O4S. The number of rotatable bonds is 4. The first-order valence-electron chi connectivity index (χ1n) is 7.75. The minimum atomic E-state index is -3.52. The van der Waals surface area contributed by atoms with Crippen molar-refractivity contribution < 1.29 is 18.0 Å². The van der Waals surface area contributed by atoms with E-state index >= 15 is 0 Å². The predicted molar refractivity (Wildman–Crippen MR) is 88.2 cm³/mol. The van der Waals surface area contributed by atoms with Crippen molar-refractivity contribution in [1.29, 1.82) is 0 Å². The van der Waals surface area contributed by atoms with Crippen molar-refractivity contribution >= 4 is 22.0 Å². The summed E-state index contributed by atoms with van der Waals surface area (Å²) in [6.45, 7) is 8.34. The minimum Gasteiger partial charge on any atom is -0.333 e. The van der Waals surface area contributed by atoms with E-state index in [1.807, 2.05) is 25.7 Å². The van der Waals surface area contributed by atoms with E-state index in [9.17, 15) is 18.0 Å². The molecule has 0 aliphatic carbocycles. The van der Waals surface area contributed by atoms with Crippen LogP contribution in [0.25, 0.3) is 0 Å². The zero-order valence-electron chi connectivity index (χ0n) is 14.3. The quantitative estimate of drug-likeness (QED) is 0.660. The lowest BCUT2D eigenvalue weighted by Crippen LogP contribution is -2.54. The molecule has 2 atom stereocenters. The fourth-order valence-corrected chi connectivity index (χ4v) is 3.60. The van der Waals surface area contributed by atoms with E-state index in [-0.39, 0.29) is 11.7 Å². The maximum absolute atomic E-state index is 12.2. The number of hydrogen-bond acceptors (Lipinski definition) is 5. The molecule has 4 N–H and O–H groups in total. The summed E-state index contributed by atoms with van der Waals surface area (Å²) in [4.78, 5) is 25.8. The number of piperidine rings is 1. The van der Waals surface area contributed by atoms with Crippen LogP contribution in [-0.4, -0.2) is 55.7 Å². The molecule has 1 rings (SSSR count). The van der Waals surface area contributed by atoms with E-state index < -0.39 is 33.5 Å². The van der Waals surface area contributed by atoms with Gasteiger partial charge < -0.3 is 5.32 Å². The van der Waals surface area contributed by atoms with Crippen LogP contribution in [0.5, 0.6) is 0 Å². The topological polar surface area (TPSA) is 122 Å². The van der Waals surface area contributed by atoms with Crippen LogP contribution >= 0.6 is 0 Å². The summed E-state index contributed by atoms with van der Waals surface area (Å²) in [5, 5.41) is 10.1. The van der Waals surface area contributed by atoms with Gasteiger partial charge in [-0.3, -0.25) is 15.0 Å². The second kappa shape index (κ2) is 7.59. The molecule has 23 heavy (non-hydrogen) atoms. The Kier molecular flexibility index (Phi) is 6.55. The van der Waals surface area contributed by atoms with Gasteiger partial charge in [0, 0.05) is 12.1 Å². The first-order valence-corrected chi connectivity index (χ1v) is 9.46. The van der Waals surface area contributed by atoms with Crippen molar-refractivity contribution in [3.8, 4) is 0 Å². The van der Waals surface area contributed by atoms with Gasteiger partial charge in [-0.15, -0.1) is 0 Å². The fraction of sp³-hybridized carbons (Fsp3) is 0.857. The number of nitrogens with zero attached hydrogens (tertiary/aromatic N) is 1. The summed E-state index contributed by atoms with van der Waals surface area (Å²) >= 11 is 0. The zero-order chi connectivity index (χ0) is 17.8. The highest BCUT2D eigenvalue weighted by Gasteiger charge is 2.30. The molecule has 0 aromatic rings. The first-order chi connectivity index (χ1) is 10.4. The van der Waals surface area contributed by atoms with E-state index in [4.69, 9.17) is 5.14 Å². The van der Waals surface area contributed by atoms with Crippen molar-refractivity contribution in [3.63, 3.8) is 0 Å². The lowest BCUT2D eigenvalue weighted by atomic mass is 9.98. The van der Waals surface area contributed by atoms with Gasteiger partial charge >= 0.3 is 6.03 Å². The number of amides is 3. The number of carbonyl (C=O) groups excluding carboxylic acids is 2. The van der Waals surface area contributed by atoms with Crippen LogP contribution in [0.2, 0.25) is 0 Å². The predicted octanol–water partition coefficient (Wildman–Crippen LogP) is -0.000300. The van der Waals surface area contributed by atoms with Crippen LogP contribution in [0.3, 0.4) is 0 Å². The smallest absolute Gasteiger partial charge is 0.321 e. The Labute approximate surface area is 138 Å². The lowest BCUT2D eigenvalue weighted by Gasteiger charge is -2.35. The van der Waals surface area contributed by atoms with E-state index in [0.29, 0.717) is 13.1 Å². The molecule has 0 aromatic heterocycles.